The first kappa shape index (κ1) is 18.6. The summed E-state index contributed by atoms with van der Waals surface area (Å²) in [5.74, 6) is 0.820. The summed E-state index contributed by atoms with van der Waals surface area (Å²) >= 11 is 0. The van der Waals surface area contributed by atoms with Crippen LogP contribution in [0.4, 0.5) is 0 Å². The van der Waals surface area contributed by atoms with E-state index in [1.54, 1.807) is 12.1 Å². The standard InChI is InChI=1S/C17H25N3O3S/c1-5-20(6-2)24(21,22)16-9-7-15(8-10-16)11-18-12-17-13(3)19-23-14(17)4/h7-10,18H,5-6,11-12H2,1-4H3. The summed E-state index contributed by atoms with van der Waals surface area (Å²) in [5.41, 5.74) is 2.98. The molecule has 2 aromatic rings. The molecule has 2 rings (SSSR count). The van der Waals surface area contributed by atoms with Crippen LogP contribution in [0.3, 0.4) is 0 Å². The van der Waals surface area contributed by atoms with Gasteiger partial charge in [-0.1, -0.05) is 31.1 Å². The quantitative estimate of drug-likeness (QED) is 0.791. The molecule has 0 aliphatic rings. The maximum atomic E-state index is 12.4. The van der Waals surface area contributed by atoms with Crippen molar-refractivity contribution in [3.63, 3.8) is 0 Å². The van der Waals surface area contributed by atoms with Gasteiger partial charge in [-0.25, -0.2) is 8.42 Å². The molecule has 0 aliphatic carbocycles. The Balaban J connectivity index is 2.00. The van der Waals surface area contributed by atoms with Crippen molar-refractivity contribution >= 4 is 10.0 Å². The van der Waals surface area contributed by atoms with Gasteiger partial charge in [-0.3, -0.25) is 0 Å². The highest BCUT2D eigenvalue weighted by Gasteiger charge is 2.21. The first-order valence-corrected chi connectivity index (χ1v) is 9.55. The van der Waals surface area contributed by atoms with Crippen LogP contribution in [-0.4, -0.2) is 31.0 Å². The molecule has 1 N–H and O–H groups in total. The van der Waals surface area contributed by atoms with Crippen LogP contribution >= 0.6 is 0 Å². The molecular weight excluding hydrogens is 326 g/mol. The van der Waals surface area contributed by atoms with Crippen molar-refractivity contribution in [1.29, 1.82) is 0 Å². The zero-order valence-electron chi connectivity index (χ0n) is 14.7. The number of aryl methyl sites for hydroxylation is 2. The molecule has 7 heteroatoms. The second-order valence-corrected chi connectivity index (χ2v) is 7.58. The van der Waals surface area contributed by atoms with Crippen LogP contribution in [-0.2, 0) is 23.1 Å². The molecule has 1 aromatic carbocycles. The number of benzene rings is 1. The SMILES string of the molecule is CCN(CC)S(=O)(=O)c1ccc(CNCc2c(C)noc2C)cc1. The maximum absolute atomic E-state index is 12.4. The lowest BCUT2D eigenvalue weighted by Crippen LogP contribution is -2.30. The normalized spacial score (nSPS) is 12.0. The summed E-state index contributed by atoms with van der Waals surface area (Å²) < 4.78 is 31.5. The van der Waals surface area contributed by atoms with Gasteiger partial charge in [0.2, 0.25) is 10.0 Å². The molecule has 0 fully saturated rings. The van der Waals surface area contributed by atoms with E-state index in [0.29, 0.717) is 31.1 Å². The smallest absolute Gasteiger partial charge is 0.243 e. The lowest BCUT2D eigenvalue weighted by Gasteiger charge is -2.18. The molecular formula is C17H25N3O3S. The van der Waals surface area contributed by atoms with Crippen molar-refractivity contribution in [2.75, 3.05) is 13.1 Å². The topological polar surface area (TPSA) is 75.4 Å². The minimum atomic E-state index is -3.39. The number of hydrogen-bond donors (Lipinski definition) is 1. The molecule has 0 amide bonds. The molecule has 0 unspecified atom stereocenters. The van der Waals surface area contributed by atoms with Crippen molar-refractivity contribution in [2.45, 2.75) is 45.7 Å². The van der Waals surface area contributed by atoms with Crippen LogP contribution in [0, 0.1) is 13.8 Å². The predicted octanol–water partition coefficient (Wildman–Crippen LogP) is 2.61. The Labute approximate surface area is 143 Å². The highest BCUT2D eigenvalue weighted by atomic mass is 32.2. The summed E-state index contributed by atoms with van der Waals surface area (Å²) in [7, 11) is -3.39. The Hall–Kier alpha value is -1.70. The van der Waals surface area contributed by atoms with Gasteiger partial charge < -0.3 is 9.84 Å². The van der Waals surface area contributed by atoms with E-state index in [2.05, 4.69) is 10.5 Å². The molecule has 0 aliphatic heterocycles. The van der Waals surface area contributed by atoms with E-state index >= 15 is 0 Å². The van der Waals surface area contributed by atoms with Gasteiger partial charge >= 0.3 is 0 Å². The molecule has 0 spiro atoms. The third-order valence-electron chi connectivity index (χ3n) is 4.08. The molecule has 0 atom stereocenters. The summed E-state index contributed by atoms with van der Waals surface area (Å²) in [6.07, 6.45) is 0. The summed E-state index contributed by atoms with van der Waals surface area (Å²) in [6, 6.07) is 7.02. The minimum Gasteiger partial charge on any atom is -0.361 e. The van der Waals surface area contributed by atoms with E-state index in [1.165, 1.54) is 4.31 Å². The number of nitrogens with zero attached hydrogens (tertiary/aromatic N) is 2. The van der Waals surface area contributed by atoms with Crippen molar-refractivity contribution in [2.24, 2.45) is 0 Å². The van der Waals surface area contributed by atoms with E-state index in [0.717, 1.165) is 22.6 Å². The maximum Gasteiger partial charge on any atom is 0.243 e. The second kappa shape index (κ2) is 7.92. The molecule has 0 saturated heterocycles. The number of hydrogen-bond acceptors (Lipinski definition) is 5. The fourth-order valence-corrected chi connectivity index (χ4v) is 4.04. The minimum absolute atomic E-state index is 0.334. The predicted molar refractivity (Wildman–Crippen MR) is 93.1 cm³/mol. The molecule has 1 heterocycles. The molecule has 0 saturated carbocycles. The van der Waals surface area contributed by atoms with Gasteiger partial charge in [0.1, 0.15) is 5.76 Å². The Kier molecular flexibility index (Phi) is 6.15. The average molecular weight is 351 g/mol. The molecule has 1 aromatic heterocycles. The van der Waals surface area contributed by atoms with Crippen LogP contribution in [0.2, 0.25) is 0 Å². The third-order valence-corrected chi connectivity index (χ3v) is 6.14. The number of rotatable bonds is 8. The second-order valence-electron chi connectivity index (χ2n) is 5.64. The van der Waals surface area contributed by atoms with Gasteiger partial charge in [0.25, 0.3) is 0 Å². The Morgan fingerprint density at radius 3 is 2.21 bits per heavy atom. The Morgan fingerprint density at radius 2 is 1.71 bits per heavy atom. The van der Waals surface area contributed by atoms with Crippen LogP contribution < -0.4 is 5.32 Å². The van der Waals surface area contributed by atoms with E-state index in [-0.39, 0.29) is 0 Å². The van der Waals surface area contributed by atoms with E-state index in [4.69, 9.17) is 4.52 Å². The van der Waals surface area contributed by atoms with Crippen molar-refractivity contribution < 1.29 is 12.9 Å². The summed E-state index contributed by atoms with van der Waals surface area (Å²) in [6.45, 7) is 9.75. The van der Waals surface area contributed by atoms with E-state index < -0.39 is 10.0 Å². The fraction of sp³-hybridized carbons (Fsp3) is 0.471. The van der Waals surface area contributed by atoms with Gasteiger partial charge in [-0.05, 0) is 31.5 Å². The molecule has 0 radical (unpaired) electrons. The number of aromatic nitrogens is 1. The van der Waals surface area contributed by atoms with E-state index in [1.807, 2.05) is 39.8 Å². The molecule has 132 valence electrons. The Bertz CT molecular complexity index is 743. The van der Waals surface area contributed by atoms with Crippen molar-refractivity contribution in [3.8, 4) is 0 Å². The summed E-state index contributed by atoms with van der Waals surface area (Å²) in [4.78, 5) is 0.334. The first-order valence-electron chi connectivity index (χ1n) is 8.11. The summed E-state index contributed by atoms with van der Waals surface area (Å²) in [5, 5.41) is 7.26. The largest absolute Gasteiger partial charge is 0.361 e. The first-order chi connectivity index (χ1) is 11.4. The van der Waals surface area contributed by atoms with Crippen molar-refractivity contribution in [3.05, 3.63) is 46.8 Å². The average Bonchev–Trinajstić information content (AvgIpc) is 2.88. The monoisotopic (exact) mass is 351 g/mol. The van der Waals surface area contributed by atoms with Crippen LogP contribution in [0.1, 0.15) is 36.4 Å². The fourth-order valence-electron chi connectivity index (χ4n) is 2.58. The lowest BCUT2D eigenvalue weighted by molar-refractivity contribution is 0.392. The van der Waals surface area contributed by atoms with Gasteiger partial charge in [-0.2, -0.15) is 4.31 Å². The third kappa shape index (κ3) is 4.03. The van der Waals surface area contributed by atoms with Gasteiger partial charge in [0.15, 0.2) is 0 Å². The highest BCUT2D eigenvalue weighted by Crippen LogP contribution is 2.16. The van der Waals surface area contributed by atoms with Gasteiger partial charge in [-0.15, -0.1) is 0 Å². The number of nitrogens with one attached hydrogen (secondary N) is 1. The van der Waals surface area contributed by atoms with E-state index in [9.17, 15) is 8.42 Å². The van der Waals surface area contributed by atoms with Gasteiger partial charge in [0, 0.05) is 31.7 Å². The molecule has 6 nitrogen and oxygen atoms in total. The highest BCUT2D eigenvalue weighted by molar-refractivity contribution is 7.89. The zero-order valence-corrected chi connectivity index (χ0v) is 15.5. The molecule has 0 bridgehead atoms. The van der Waals surface area contributed by atoms with Crippen LogP contribution in [0.25, 0.3) is 0 Å². The lowest BCUT2D eigenvalue weighted by atomic mass is 10.2. The van der Waals surface area contributed by atoms with Gasteiger partial charge in [0.05, 0.1) is 10.6 Å². The Morgan fingerprint density at radius 1 is 1.08 bits per heavy atom. The number of sulfonamides is 1. The molecule has 24 heavy (non-hydrogen) atoms. The van der Waals surface area contributed by atoms with Crippen molar-refractivity contribution in [1.82, 2.24) is 14.8 Å². The zero-order chi connectivity index (χ0) is 17.7. The van der Waals surface area contributed by atoms with Crippen LogP contribution in [0.15, 0.2) is 33.7 Å². The van der Waals surface area contributed by atoms with Crippen LogP contribution in [0.5, 0.6) is 0 Å².